The quantitative estimate of drug-likeness (QED) is 0.773. The number of aryl methyl sites for hydroxylation is 1. The van der Waals surface area contributed by atoms with Gasteiger partial charge in [0.15, 0.2) is 0 Å². The standard InChI is InChI=1S/C19H25N5O3S/c1-21-13-14(12-20-21)24-6-3-4-15(18(24)25)22-7-9-23(10-8-22)19(26)17-16(27-2)5-11-28-17/h5,11-13,15H,3-4,6-10H2,1-2H3/t15-/m1/s1. The highest BCUT2D eigenvalue weighted by Gasteiger charge is 2.36. The van der Waals surface area contributed by atoms with Crippen LogP contribution in [0.5, 0.6) is 5.75 Å². The van der Waals surface area contributed by atoms with Gasteiger partial charge in [-0.15, -0.1) is 11.3 Å². The Bertz CT molecular complexity index is 855. The summed E-state index contributed by atoms with van der Waals surface area (Å²) in [7, 11) is 3.44. The Morgan fingerprint density at radius 1 is 1.25 bits per heavy atom. The summed E-state index contributed by atoms with van der Waals surface area (Å²) in [6.45, 7) is 3.39. The summed E-state index contributed by atoms with van der Waals surface area (Å²) >= 11 is 1.41. The van der Waals surface area contributed by atoms with E-state index < -0.39 is 0 Å². The van der Waals surface area contributed by atoms with E-state index in [9.17, 15) is 9.59 Å². The van der Waals surface area contributed by atoms with E-state index in [4.69, 9.17) is 4.74 Å². The summed E-state index contributed by atoms with van der Waals surface area (Å²) in [5.41, 5.74) is 0.857. The molecule has 2 aliphatic rings. The molecule has 8 nitrogen and oxygen atoms in total. The number of piperidine rings is 1. The highest BCUT2D eigenvalue weighted by molar-refractivity contribution is 7.12. The SMILES string of the molecule is COc1ccsc1C(=O)N1CCN([C@@H]2CCCN(c3cnn(C)c3)C2=O)CC1. The summed E-state index contributed by atoms with van der Waals surface area (Å²) < 4.78 is 7.00. The maximum atomic E-state index is 13.1. The lowest BCUT2D eigenvalue weighted by atomic mass is 10.0. The molecule has 2 amide bonds. The zero-order valence-corrected chi connectivity index (χ0v) is 17.0. The van der Waals surface area contributed by atoms with Gasteiger partial charge in [-0.1, -0.05) is 0 Å². The van der Waals surface area contributed by atoms with Crippen LogP contribution in [0.25, 0.3) is 0 Å². The number of carbonyl (C=O) groups is 2. The molecule has 2 saturated heterocycles. The minimum absolute atomic E-state index is 0.0125. The lowest BCUT2D eigenvalue weighted by molar-refractivity contribution is -0.126. The number of ether oxygens (including phenoxy) is 1. The summed E-state index contributed by atoms with van der Waals surface area (Å²) in [6.07, 6.45) is 5.45. The molecular formula is C19H25N5O3S. The number of amides is 2. The average Bonchev–Trinajstić information content (AvgIpc) is 3.36. The van der Waals surface area contributed by atoms with Gasteiger partial charge in [-0.2, -0.15) is 5.10 Å². The number of thiophene rings is 1. The fourth-order valence-corrected chi connectivity index (χ4v) is 4.82. The van der Waals surface area contributed by atoms with Crippen molar-refractivity contribution in [3.63, 3.8) is 0 Å². The topological polar surface area (TPSA) is 70.9 Å². The van der Waals surface area contributed by atoms with Crippen LogP contribution in [-0.4, -0.2) is 77.3 Å². The van der Waals surface area contributed by atoms with E-state index in [1.54, 1.807) is 18.0 Å². The van der Waals surface area contributed by atoms with Crippen molar-refractivity contribution in [1.29, 1.82) is 0 Å². The van der Waals surface area contributed by atoms with E-state index in [0.717, 1.165) is 25.1 Å². The maximum Gasteiger partial charge on any atom is 0.267 e. The molecule has 1 atom stereocenters. The van der Waals surface area contributed by atoms with Crippen molar-refractivity contribution >= 4 is 28.8 Å². The molecule has 0 radical (unpaired) electrons. The molecule has 2 aromatic rings. The third kappa shape index (κ3) is 3.51. The summed E-state index contributed by atoms with van der Waals surface area (Å²) in [4.78, 5) is 32.4. The van der Waals surface area contributed by atoms with Crippen molar-refractivity contribution in [2.24, 2.45) is 7.05 Å². The lowest BCUT2D eigenvalue weighted by Crippen LogP contribution is -2.58. The third-order valence-corrected chi connectivity index (χ3v) is 6.38. The van der Waals surface area contributed by atoms with E-state index in [1.807, 2.05) is 34.5 Å². The Morgan fingerprint density at radius 3 is 2.71 bits per heavy atom. The second-order valence-corrected chi connectivity index (χ2v) is 8.08. The van der Waals surface area contributed by atoms with Crippen LogP contribution in [0.4, 0.5) is 5.69 Å². The van der Waals surface area contributed by atoms with Gasteiger partial charge in [-0.3, -0.25) is 19.2 Å². The van der Waals surface area contributed by atoms with E-state index >= 15 is 0 Å². The van der Waals surface area contributed by atoms with Gasteiger partial charge in [0.2, 0.25) is 5.91 Å². The molecule has 2 fully saturated rings. The van der Waals surface area contributed by atoms with Crippen LogP contribution >= 0.6 is 11.3 Å². The number of hydrogen-bond donors (Lipinski definition) is 0. The first-order valence-electron chi connectivity index (χ1n) is 9.53. The van der Waals surface area contributed by atoms with Crippen LogP contribution in [0.15, 0.2) is 23.8 Å². The molecule has 0 aliphatic carbocycles. The first kappa shape index (κ1) is 18.9. The molecule has 150 valence electrons. The number of carbonyl (C=O) groups excluding carboxylic acids is 2. The second-order valence-electron chi connectivity index (χ2n) is 7.17. The Hall–Kier alpha value is -2.39. The molecule has 0 N–H and O–H groups in total. The smallest absolute Gasteiger partial charge is 0.267 e. The number of piperazine rings is 1. The fraction of sp³-hybridized carbons (Fsp3) is 0.526. The van der Waals surface area contributed by atoms with Crippen molar-refractivity contribution in [1.82, 2.24) is 19.6 Å². The van der Waals surface area contributed by atoms with Crippen molar-refractivity contribution in [2.45, 2.75) is 18.9 Å². The van der Waals surface area contributed by atoms with Crippen molar-refractivity contribution < 1.29 is 14.3 Å². The maximum absolute atomic E-state index is 13.1. The van der Waals surface area contributed by atoms with Crippen LogP contribution in [0.2, 0.25) is 0 Å². The Morgan fingerprint density at radius 2 is 2.04 bits per heavy atom. The van der Waals surface area contributed by atoms with Crippen LogP contribution in [0.1, 0.15) is 22.5 Å². The fourth-order valence-electron chi connectivity index (χ4n) is 3.99. The minimum Gasteiger partial charge on any atom is -0.495 e. The Labute approximate surface area is 168 Å². The van der Waals surface area contributed by atoms with E-state index in [1.165, 1.54) is 11.3 Å². The Kier molecular flexibility index (Phi) is 5.36. The Balaban J connectivity index is 1.39. The molecule has 9 heteroatoms. The van der Waals surface area contributed by atoms with Gasteiger partial charge in [-0.05, 0) is 24.3 Å². The van der Waals surface area contributed by atoms with Crippen molar-refractivity contribution in [3.8, 4) is 5.75 Å². The van der Waals surface area contributed by atoms with Gasteiger partial charge < -0.3 is 14.5 Å². The zero-order chi connectivity index (χ0) is 19.7. The second kappa shape index (κ2) is 7.92. The molecule has 0 saturated carbocycles. The summed E-state index contributed by atoms with van der Waals surface area (Å²) in [5.74, 6) is 0.782. The van der Waals surface area contributed by atoms with Gasteiger partial charge in [0.1, 0.15) is 10.6 Å². The third-order valence-electron chi connectivity index (χ3n) is 5.50. The molecule has 4 rings (SSSR count). The molecule has 2 aromatic heterocycles. The van der Waals surface area contributed by atoms with Gasteiger partial charge in [0, 0.05) is 46.0 Å². The van der Waals surface area contributed by atoms with Crippen LogP contribution in [0, 0.1) is 0 Å². The van der Waals surface area contributed by atoms with Crippen LogP contribution in [0.3, 0.4) is 0 Å². The first-order valence-corrected chi connectivity index (χ1v) is 10.4. The summed E-state index contributed by atoms with van der Waals surface area (Å²) in [6, 6.07) is 1.70. The molecule has 0 bridgehead atoms. The van der Waals surface area contributed by atoms with Crippen LogP contribution < -0.4 is 9.64 Å². The van der Waals surface area contributed by atoms with Gasteiger partial charge >= 0.3 is 0 Å². The van der Waals surface area contributed by atoms with E-state index in [0.29, 0.717) is 36.8 Å². The molecule has 2 aliphatic heterocycles. The highest BCUT2D eigenvalue weighted by Crippen LogP contribution is 2.28. The largest absolute Gasteiger partial charge is 0.495 e. The van der Waals surface area contributed by atoms with Crippen molar-refractivity contribution in [3.05, 3.63) is 28.7 Å². The summed E-state index contributed by atoms with van der Waals surface area (Å²) in [5, 5.41) is 6.06. The number of rotatable bonds is 4. The predicted octanol–water partition coefficient (Wildman–Crippen LogP) is 1.44. The van der Waals surface area contributed by atoms with Crippen molar-refractivity contribution in [2.75, 3.05) is 44.7 Å². The lowest BCUT2D eigenvalue weighted by Gasteiger charge is -2.42. The molecule has 28 heavy (non-hydrogen) atoms. The molecule has 0 spiro atoms. The number of nitrogens with zero attached hydrogens (tertiary/aromatic N) is 5. The van der Waals surface area contributed by atoms with Crippen LogP contribution in [-0.2, 0) is 11.8 Å². The average molecular weight is 404 g/mol. The molecule has 0 unspecified atom stereocenters. The highest BCUT2D eigenvalue weighted by atomic mass is 32.1. The number of aromatic nitrogens is 2. The number of methoxy groups -OCH3 is 1. The van der Waals surface area contributed by atoms with E-state index in [-0.39, 0.29) is 17.9 Å². The predicted molar refractivity (Wildman–Crippen MR) is 107 cm³/mol. The molecule has 0 aromatic carbocycles. The minimum atomic E-state index is -0.123. The van der Waals surface area contributed by atoms with Gasteiger partial charge in [-0.25, -0.2) is 0 Å². The monoisotopic (exact) mass is 403 g/mol. The molecule has 4 heterocycles. The van der Waals surface area contributed by atoms with E-state index in [2.05, 4.69) is 10.00 Å². The number of anilines is 1. The molecular weight excluding hydrogens is 378 g/mol. The zero-order valence-electron chi connectivity index (χ0n) is 16.2. The first-order chi connectivity index (χ1) is 13.6. The van der Waals surface area contributed by atoms with Gasteiger partial charge in [0.25, 0.3) is 5.91 Å². The normalized spacial score (nSPS) is 21.2. The number of hydrogen-bond acceptors (Lipinski definition) is 6. The van der Waals surface area contributed by atoms with Gasteiger partial charge in [0.05, 0.1) is 25.0 Å².